The molecule has 0 bridgehead atoms. The Morgan fingerprint density at radius 2 is 2.10 bits per heavy atom. The Hall–Kier alpha value is -1.39. The summed E-state index contributed by atoms with van der Waals surface area (Å²) < 4.78 is 14.8. The van der Waals surface area contributed by atoms with Crippen molar-refractivity contribution in [3.63, 3.8) is 0 Å². The van der Waals surface area contributed by atoms with E-state index in [1.165, 1.54) is 12.1 Å². The zero-order chi connectivity index (χ0) is 14.7. The van der Waals surface area contributed by atoms with Crippen LogP contribution in [-0.2, 0) is 19.4 Å². The van der Waals surface area contributed by atoms with E-state index >= 15 is 0 Å². The van der Waals surface area contributed by atoms with Crippen LogP contribution in [0, 0.1) is 5.82 Å². The highest BCUT2D eigenvalue weighted by Gasteiger charge is 2.17. The van der Waals surface area contributed by atoms with Crippen LogP contribution in [0.2, 0.25) is 5.02 Å². The lowest BCUT2D eigenvalue weighted by Crippen LogP contribution is -2.10. The number of halogens is 2. The van der Waals surface area contributed by atoms with Gasteiger partial charge in [-0.15, -0.1) is 0 Å². The normalized spacial score (nSPS) is 12.7. The van der Waals surface area contributed by atoms with E-state index in [2.05, 4.69) is 5.10 Å². The SMILES string of the molecule is CCc1cc(C(O)Cc2ccc(F)cc2Cl)n(CC)n1. The number of hydrogen-bond donors (Lipinski definition) is 1. The number of aliphatic hydroxyl groups excluding tert-OH is 1. The van der Waals surface area contributed by atoms with Crippen molar-refractivity contribution in [3.8, 4) is 0 Å². The molecule has 0 spiro atoms. The minimum atomic E-state index is -0.703. The molecule has 0 saturated carbocycles. The number of aryl methyl sites for hydroxylation is 2. The van der Waals surface area contributed by atoms with Gasteiger partial charge in [-0.3, -0.25) is 4.68 Å². The van der Waals surface area contributed by atoms with Gasteiger partial charge in [0.2, 0.25) is 0 Å². The van der Waals surface area contributed by atoms with Crippen LogP contribution < -0.4 is 0 Å². The molecule has 0 aliphatic rings. The second kappa shape index (κ2) is 6.37. The summed E-state index contributed by atoms with van der Waals surface area (Å²) in [6.45, 7) is 4.70. The molecule has 1 atom stereocenters. The van der Waals surface area contributed by atoms with Crippen LogP contribution in [0.5, 0.6) is 0 Å². The summed E-state index contributed by atoms with van der Waals surface area (Å²) in [4.78, 5) is 0. The molecule has 20 heavy (non-hydrogen) atoms. The predicted octanol–water partition coefficient (Wildman–Crippen LogP) is 3.53. The number of hydrogen-bond acceptors (Lipinski definition) is 2. The maximum absolute atomic E-state index is 13.0. The minimum absolute atomic E-state index is 0.335. The molecule has 1 aromatic carbocycles. The number of benzene rings is 1. The lowest BCUT2D eigenvalue weighted by Gasteiger charge is -2.13. The van der Waals surface area contributed by atoms with Crippen LogP contribution in [0.15, 0.2) is 24.3 Å². The van der Waals surface area contributed by atoms with E-state index in [1.54, 1.807) is 10.7 Å². The lowest BCUT2D eigenvalue weighted by atomic mass is 10.0. The smallest absolute Gasteiger partial charge is 0.124 e. The third-order valence-electron chi connectivity index (χ3n) is 3.29. The zero-order valence-corrected chi connectivity index (χ0v) is 12.4. The highest BCUT2D eigenvalue weighted by Crippen LogP contribution is 2.25. The zero-order valence-electron chi connectivity index (χ0n) is 11.6. The Morgan fingerprint density at radius 1 is 1.35 bits per heavy atom. The molecule has 0 fully saturated rings. The largest absolute Gasteiger partial charge is 0.386 e. The lowest BCUT2D eigenvalue weighted by molar-refractivity contribution is 0.167. The van der Waals surface area contributed by atoms with Gasteiger partial charge < -0.3 is 5.11 Å². The minimum Gasteiger partial charge on any atom is -0.386 e. The molecule has 2 aromatic rings. The summed E-state index contributed by atoms with van der Waals surface area (Å²) in [5, 5.41) is 15.1. The summed E-state index contributed by atoms with van der Waals surface area (Å²) in [5.74, 6) is -0.375. The highest BCUT2D eigenvalue weighted by molar-refractivity contribution is 6.31. The van der Waals surface area contributed by atoms with Crippen molar-refractivity contribution in [2.24, 2.45) is 0 Å². The molecule has 1 N–H and O–H groups in total. The van der Waals surface area contributed by atoms with Gasteiger partial charge >= 0.3 is 0 Å². The Kier molecular flexibility index (Phi) is 4.78. The summed E-state index contributed by atoms with van der Waals surface area (Å²) >= 11 is 5.99. The fourth-order valence-electron chi connectivity index (χ4n) is 2.18. The number of aromatic nitrogens is 2. The van der Waals surface area contributed by atoms with E-state index < -0.39 is 6.10 Å². The second-order valence-corrected chi connectivity index (χ2v) is 5.09. The molecule has 0 saturated heterocycles. The molecule has 2 rings (SSSR count). The molecule has 1 heterocycles. The van der Waals surface area contributed by atoms with E-state index in [1.807, 2.05) is 19.9 Å². The standard InChI is InChI=1S/C15H18ClFN2O/c1-3-12-9-14(19(4-2)18-12)15(20)7-10-5-6-11(17)8-13(10)16/h5-6,8-9,15,20H,3-4,7H2,1-2H3. The Bertz CT molecular complexity index is 598. The predicted molar refractivity (Wildman–Crippen MR) is 77.4 cm³/mol. The van der Waals surface area contributed by atoms with Gasteiger partial charge in [-0.2, -0.15) is 5.10 Å². The molecule has 0 aliphatic carbocycles. The molecule has 3 nitrogen and oxygen atoms in total. The van der Waals surface area contributed by atoms with Gasteiger partial charge in [0.1, 0.15) is 5.82 Å². The third kappa shape index (κ3) is 3.19. The van der Waals surface area contributed by atoms with Crippen molar-refractivity contribution in [1.29, 1.82) is 0 Å². The van der Waals surface area contributed by atoms with Gasteiger partial charge in [-0.25, -0.2) is 4.39 Å². The number of nitrogens with zero attached hydrogens (tertiary/aromatic N) is 2. The Labute approximate surface area is 123 Å². The van der Waals surface area contributed by atoms with Gasteiger partial charge in [0, 0.05) is 18.0 Å². The first-order valence-corrected chi connectivity index (χ1v) is 7.11. The van der Waals surface area contributed by atoms with Gasteiger partial charge in [0.15, 0.2) is 0 Å². The van der Waals surface area contributed by atoms with Crippen LogP contribution in [-0.4, -0.2) is 14.9 Å². The van der Waals surface area contributed by atoms with Crippen LogP contribution >= 0.6 is 11.6 Å². The summed E-state index contributed by atoms with van der Waals surface area (Å²) in [6.07, 6.45) is 0.462. The van der Waals surface area contributed by atoms with E-state index in [0.29, 0.717) is 18.0 Å². The topological polar surface area (TPSA) is 38.0 Å². The fourth-order valence-corrected chi connectivity index (χ4v) is 2.43. The monoisotopic (exact) mass is 296 g/mol. The maximum atomic E-state index is 13.0. The van der Waals surface area contributed by atoms with Crippen LogP contribution in [0.4, 0.5) is 4.39 Å². The van der Waals surface area contributed by atoms with Crippen molar-refractivity contribution in [1.82, 2.24) is 9.78 Å². The molecule has 0 aliphatic heterocycles. The van der Waals surface area contributed by atoms with E-state index in [4.69, 9.17) is 11.6 Å². The van der Waals surface area contributed by atoms with E-state index in [0.717, 1.165) is 23.4 Å². The quantitative estimate of drug-likeness (QED) is 0.916. The molecule has 108 valence electrons. The van der Waals surface area contributed by atoms with E-state index in [9.17, 15) is 9.50 Å². The Morgan fingerprint density at radius 3 is 2.70 bits per heavy atom. The van der Waals surface area contributed by atoms with Gasteiger partial charge in [0.25, 0.3) is 0 Å². The van der Waals surface area contributed by atoms with Crippen molar-refractivity contribution < 1.29 is 9.50 Å². The highest BCUT2D eigenvalue weighted by atomic mass is 35.5. The van der Waals surface area contributed by atoms with Crippen LogP contribution in [0.1, 0.15) is 36.9 Å². The molecule has 1 unspecified atom stereocenters. The van der Waals surface area contributed by atoms with Crippen LogP contribution in [0.3, 0.4) is 0 Å². The van der Waals surface area contributed by atoms with Gasteiger partial charge in [0.05, 0.1) is 17.5 Å². The molecular weight excluding hydrogens is 279 g/mol. The van der Waals surface area contributed by atoms with Crippen molar-refractivity contribution in [2.75, 3.05) is 0 Å². The van der Waals surface area contributed by atoms with E-state index in [-0.39, 0.29) is 5.82 Å². The first-order valence-electron chi connectivity index (χ1n) is 6.73. The fraction of sp³-hybridized carbons (Fsp3) is 0.400. The summed E-state index contributed by atoms with van der Waals surface area (Å²) in [5.41, 5.74) is 2.44. The molecule has 0 radical (unpaired) electrons. The van der Waals surface area contributed by atoms with Crippen LogP contribution in [0.25, 0.3) is 0 Å². The molecule has 1 aromatic heterocycles. The second-order valence-electron chi connectivity index (χ2n) is 4.69. The first kappa shape index (κ1) is 15.0. The number of aliphatic hydroxyl groups is 1. The van der Waals surface area contributed by atoms with Gasteiger partial charge in [-0.1, -0.05) is 24.6 Å². The maximum Gasteiger partial charge on any atom is 0.124 e. The molecular formula is C15H18ClFN2O. The van der Waals surface area contributed by atoms with Crippen molar-refractivity contribution in [2.45, 2.75) is 39.3 Å². The summed E-state index contributed by atoms with van der Waals surface area (Å²) in [6, 6.07) is 6.13. The average Bonchev–Trinajstić information content (AvgIpc) is 2.85. The first-order chi connectivity index (χ1) is 9.55. The molecule has 0 amide bonds. The molecule has 5 heteroatoms. The average molecular weight is 297 g/mol. The summed E-state index contributed by atoms with van der Waals surface area (Å²) in [7, 11) is 0. The van der Waals surface area contributed by atoms with Crippen molar-refractivity contribution >= 4 is 11.6 Å². The number of rotatable bonds is 5. The third-order valence-corrected chi connectivity index (χ3v) is 3.65. The van der Waals surface area contributed by atoms with Gasteiger partial charge in [-0.05, 0) is 37.1 Å². The van der Waals surface area contributed by atoms with Crippen molar-refractivity contribution in [3.05, 3.63) is 52.1 Å². The Balaban J connectivity index is 2.23.